The van der Waals surface area contributed by atoms with Crippen LogP contribution in [0.15, 0.2) is 30.3 Å². The van der Waals surface area contributed by atoms with Crippen molar-refractivity contribution in [3.05, 3.63) is 35.9 Å². The molecule has 0 bridgehead atoms. The highest BCUT2D eigenvalue weighted by molar-refractivity contribution is 5.81. The molecule has 0 unspecified atom stereocenters. The van der Waals surface area contributed by atoms with Crippen molar-refractivity contribution in [2.45, 2.75) is 19.5 Å². The van der Waals surface area contributed by atoms with Crippen molar-refractivity contribution in [1.82, 2.24) is 10.6 Å². The summed E-state index contributed by atoms with van der Waals surface area (Å²) in [6, 6.07) is 9.72. The van der Waals surface area contributed by atoms with Gasteiger partial charge in [0.2, 0.25) is 5.91 Å². The number of carbonyl (C=O) groups excluding carboxylic acids is 1. The Hall–Kier alpha value is -1.35. The molecule has 76 valence electrons. The van der Waals surface area contributed by atoms with Gasteiger partial charge in [0, 0.05) is 6.54 Å². The second kappa shape index (κ2) is 5.40. The maximum Gasteiger partial charge on any atom is 0.237 e. The lowest BCUT2D eigenvalue weighted by Crippen LogP contribution is -2.39. The van der Waals surface area contributed by atoms with Crippen molar-refractivity contribution in [3.8, 4) is 0 Å². The highest BCUT2D eigenvalue weighted by Gasteiger charge is 2.08. The van der Waals surface area contributed by atoms with Crippen molar-refractivity contribution < 1.29 is 4.79 Å². The Kier molecular flexibility index (Phi) is 4.13. The van der Waals surface area contributed by atoms with Crippen LogP contribution in [0.5, 0.6) is 0 Å². The van der Waals surface area contributed by atoms with Crippen LogP contribution < -0.4 is 10.6 Å². The Labute approximate surface area is 84.5 Å². The van der Waals surface area contributed by atoms with Crippen LogP contribution in [0.3, 0.4) is 0 Å². The highest BCUT2D eigenvalue weighted by Crippen LogP contribution is 1.97. The first-order chi connectivity index (χ1) is 6.74. The highest BCUT2D eigenvalue weighted by atomic mass is 16.2. The minimum Gasteiger partial charge on any atom is -0.351 e. The molecule has 1 aromatic rings. The summed E-state index contributed by atoms with van der Waals surface area (Å²) in [5.41, 5.74) is 1.11. The zero-order valence-electron chi connectivity index (χ0n) is 8.58. The predicted octanol–water partition coefficient (Wildman–Crippen LogP) is 0.911. The summed E-state index contributed by atoms with van der Waals surface area (Å²) in [7, 11) is 1.77. The lowest BCUT2D eigenvalue weighted by Gasteiger charge is -2.10. The second-order valence-electron chi connectivity index (χ2n) is 3.21. The van der Waals surface area contributed by atoms with Gasteiger partial charge in [-0.1, -0.05) is 30.3 Å². The zero-order valence-corrected chi connectivity index (χ0v) is 8.58. The second-order valence-corrected chi connectivity index (χ2v) is 3.21. The molecule has 0 heterocycles. The number of hydrogen-bond acceptors (Lipinski definition) is 2. The molecule has 1 rings (SSSR count). The van der Waals surface area contributed by atoms with Crippen LogP contribution >= 0.6 is 0 Å². The third kappa shape index (κ3) is 3.18. The molecule has 3 heteroatoms. The monoisotopic (exact) mass is 192 g/mol. The van der Waals surface area contributed by atoms with Crippen molar-refractivity contribution >= 4 is 5.91 Å². The number of hydrogen-bond donors (Lipinski definition) is 2. The van der Waals surface area contributed by atoms with Gasteiger partial charge >= 0.3 is 0 Å². The Balaban J connectivity index is 2.38. The van der Waals surface area contributed by atoms with Crippen molar-refractivity contribution in [3.63, 3.8) is 0 Å². The number of benzene rings is 1. The van der Waals surface area contributed by atoms with E-state index in [1.165, 1.54) is 0 Å². The summed E-state index contributed by atoms with van der Waals surface area (Å²) in [6.07, 6.45) is 0. The lowest BCUT2D eigenvalue weighted by atomic mass is 10.2. The number of amides is 1. The molecule has 0 saturated heterocycles. The molecule has 0 radical (unpaired) electrons. The van der Waals surface area contributed by atoms with Crippen LogP contribution in [0.4, 0.5) is 0 Å². The van der Waals surface area contributed by atoms with E-state index >= 15 is 0 Å². The molecular formula is C11H16N2O. The fraction of sp³-hybridized carbons (Fsp3) is 0.364. The SMILES string of the molecule is CN[C@@H](C)C(=O)NCc1ccccc1. The number of nitrogens with one attached hydrogen (secondary N) is 2. The Morgan fingerprint density at radius 1 is 1.36 bits per heavy atom. The normalized spacial score (nSPS) is 12.1. The first-order valence-corrected chi connectivity index (χ1v) is 4.73. The molecule has 1 aromatic carbocycles. The third-order valence-electron chi connectivity index (χ3n) is 2.14. The summed E-state index contributed by atoms with van der Waals surface area (Å²) in [6.45, 7) is 2.42. The Morgan fingerprint density at radius 2 is 2.00 bits per heavy atom. The summed E-state index contributed by atoms with van der Waals surface area (Å²) in [5, 5.41) is 5.74. The maximum absolute atomic E-state index is 11.4. The summed E-state index contributed by atoms with van der Waals surface area (Å²) in [4.78, 5) is 11.4. The van der Waals surface area contributed by atoms with Crippen LogP contribution in [-0.4, -0.2) is 19.0 Å². The Bertz CT molecular complexity index is 285. The zero-order chi connectivity index (χ0) is 10.4. The Morgan fingerprint density at radius 3 is 2.57 bits per heavy atom. The average molecular weight is 192 g/mol. The van der Waals surface area contributed by atoms with E-state index in [0.717, 1.165) is 5.56 Å². The van der Waals surface area contributed by atoms with Gasteiger partial charge in [-0.2, -0.15) is 0 Å². The summed E-state index contributed by atoms with van der Waals surface area (Å²) >= 11 is 0. The van der Waals surface area contributed by atoms with Crippen LogP contribution in [0.25, 0.3) is 0 Å². The molecule has 0 aliphatic heterocycles. The fourth-order valence-corrected chi connectivity index (χ4v) is 1.07. The molecule has 3 nitrogen and oxygen atoms in total. The van der Waals surface area contributed by atoms with Crippen LogP contribution in [0, 0.1) is 0 Å². The van der Waals surface area contributed by atoms with E-state index in [1.54, 1.807) is 7.05 Å². The van der Waals surface area contributed by atoms with Gasteiger partial charge in [-0.15, -0.1) is 0 Å². The first-order valence-electron chi connectivity index (χ1n) is 4.73. The number of likely N-dealkylation sites (N-methyl/N-ethyl adjacent to an activating group) is 1. The van der Waals surface area contributed by atoms with E-state index in [9.17, 15) is 4.79 Å². The minimum absolute atomic E-state index is 0.0244. The number of rotatable bonds is 4. The summed E-state index contributed by atoms with van der Waals surface area (Å²) < 4.78 is 0. The molecule has 1 atom stereocenters. The largest absolute Gasteiger partial charge is 0.351 e. The smallest absolute Gasteiger partial charge is 0.237 e. The molecule has 0 saturated carbocycles. The minimum atomic E-state index is -0.140. The topological polar surface area (TPSA) is 41.1 Å². The molecule has 0 fully saturated rings. The quantitative estimate of drug-likeness (QED) is 0.744. The van der Waals surface area contributed by atoms with Crippen LogP contribution in [-0.2, 0) is 11.3 Å². The molecule has 14 heavy (non-hydrogen) atoms. The molecule has 0 spiro atoms. The van der Waals surface area contributed by atoms with Crippen molar-refractivity contribution in [2.75, 3.05) is 7.05 Å². The average Bonchev–Trinajstić information content (AvgIpc) is 2.26. The van der Waals surface area contributed by atoms with E-state index in [1.807, 2.05) is 37.3 Å². The number of carbonyl (C=O) groups is 1. The molecule has 2 N–H and O–H groups in total. The fourth-order valence-electron chi connectivity index (χ4n) is 1.07. The predicted molar refractivity (Wildman–Crippen MR) is 56.8 cm³/mol. The van der Waals surface area contributed by atoms with Gasteiger partial charge in [-0.3, -0.25) is 4.79 Å². The van der Waals surface area contributed by atoms with Gasteiger partial charge in [0.05, 0.1) is 6.04 Å². The van der Waals surface area contributed by atoms with Crippen LogP contribution in [0.2, 0.25) is 0 Å². The maximum atomic E-state index is 11.4. The lowest BCUT2D eigenvalue weighted by molar-refractivity contribution is -0.122. The summed E-state index contributed by atoms with van der Waals surface area (Å²) in [5.74, 6) is 0.0244. The van der Waals surface area contributed by atoms with E-state index < -0.39 is 0 Å². The standard InChI is InChI=1S/C11H16N2O/c1-9(12-2)11(14)13-8-10-6-4-3-5-7-10/h3-7,9,12H,8H2,1-2H3,(H,13,14)/t9-/m0/s1. The van der Waals surface area contributed by atoms with Crippen molar-refractivity contribution in [2.24, 2.45) is 0 Å². The molecule has 0 aromatic heterocycles. The van der Waals surface area contributed by atoms with Gasteiger partial charge in [0.1, 0.15) is 0 Å². The van der Waals surface area contributed by atoms with E-state index in [-0.39, 0.29) is 11.9 Å². The van der Waals surface area contributed by atoms with Gasteiger partial charge in [0.15, 0.2) is 0 Å². The molecule has 0 aliphatic rings. The van der Waals surface area contributed by atoms with Gasteiger partial charge in [0.25, 0.3) is 0 Å². The molecule has 0 aliphatic carbocycles. The van der Waals surface area contributed by atoms with Gasteiger partial charge in [-0.25, -0.2) is 0 Å². The van der Waals surface area contributed by atoms with E-state index in [0.29, 0.717) is 6.54 Å². The first kappa shape index (κ1) is 10.7. The van der Waals surface area contributed by atoms with Gasteiger partial charge in [-0.05, 0) is 19.5 Å². The van der Waals surface area contributed by atoms with Crippen LogP contribution in [0.1, 0.15) is 12.5 Å². The molecular weight excluding hydrogens is 176 g/mol. The van der Waals surface area contributed by atoms with E-state index in [4.69, 9.17) is 0 Å². The van der Waals surface area contributed by atoms with Crippen molar-refractivity contribution in [1.29, 1.82) is 0 Å². The van der Waals surface area contributed by atoms with E-state index in [2.05, 4.69) is 10.6 Å². The molecule has 1 amide bonds. The van der Waals surface area contributed by atoms with Gasteiger partial charge < -0.3 is 10.6 Å². The third-order valence-corrected chi connectivity index (χ3v) is 2.14.